The molecule has 0 saturated heterocycles. The second-order valence-electron chi connectivity index (χ2n) is 20.2. The summed E-state index contributed by atoms with van der Waals surface area (Å²) in [5.41, 5.74) is 0. The van der Waals surface area contributed by atoms with E-state index in [1.165, 1.54) is 148 Å². The molecule has 0 bridgehead atoms. The lowest BCUT2D eigenvalue weighted by molar-refractivity contribution is -0.167. The maximum absolute atomic E-state index is 12.9. The molecule has 0 aromatic rings. The zero-order valence-corrected chi connectivity index (χ0v) is 47.4. The van der Waals surface area contributed by atoms with Crippen LogP contribution < -0.4 is 0 Å². The van der Waals surface area contributed by atoms with Crippen molar-refractivity contribution in [2.45, 2.75) is 303 Å². The fourth-order valence-corrected chi connectivity index (χ4v) is 8.50. The van der Waals surface area contributed by atoms with Gasteiger partial charge in [-0.15, -0.1) is 0 Å². The summed E-state index contributed by atoms with van der Waals surface area (Å²) in [7, 11) is 0. The highest BCUT2D eigenvalue weighted by Gasteiger charge is 2.19. The maximum Gasteiger partial charge on any atom is 0.306 e. The van der Waals surface area contributed by atoms with Gasteiger partial charge < -0.3 is 14.2 Å². The summed E-state index contributed by atoms with van der Waals surface area (Å²) >= 11 is 0. The van der Waals surface area contributed by atoms with Gasteiger partial charge in [0.25, 0.3) is 0 Å². The van der Waals surface area contributed by atoms with E-state index >= 15 is 0 Å². The molecule has 0 heterocycles. The van der Waals surface area contributed by atoms with E-state index < -0.39 is 6.10 Å². The minimum Gasteiger partial charge on any atom is -0.462 e. The molecule has 6 heteroatoms. The largest absolute Gasteiger partial charge is 0.462 e. The van der Waals surface area contributed by atoms with E-state index in [1.807, 2.05) is 0 Å². The molecule has 0 aliphatic rings. The van der Waals surface area contributed by atoms with Crippen LogP contribution in [-0.2, 0) is 28.6 Å². The summed E-state index contributed by atoms with van der Waals surface area (Å²) in [6.45, 7) is 6.49. The Kier molecular flexibility index (Phi) is 57.3. The van der Waals surface area contributed by atoms with Crippen molar-refractivity contribution in [2.24, 2.45) is 0 Å². The van der Waals surface area contributed by atoms with Gasteiger partial charge in [-0.25, -0.2) is 0 Å². The number of hydrogen-bond acceptors (Lipinski definition) is 6. The number of carbonyl (C=O) groups excluding carboxylic acids is 3. The number of esters is 3. The van der Waals surface area contributed by atoms with Crippen molar-refractivity contribution in [3.8, 4) is 0 Å². The quantitative estimate of drug-likeness (QED) is 0.0261. The first-order chi connectivity index (χ1) is 35.5. The van der Waals surface area contributed by atoms with Crippen molar-refractivity contribution < 1.29 is 28.6 Å². The van der Waals surface area contributed by atoms with Crippen molar-refractivity contribution >= 4 is 17.9 Å². The van der Waals surface area contributed by atoms with Gasteiger partial charge in [0.05, 0.1) is 0 Å². The van der Waals surface area contributed by atoms with E-state index in [1.54, 1.807) is 0 Å². The summed E-state index contributed by atoms with van der Waals surface area (Å²) < 4.78 is 16.9. The van der Waals surface area contributed by atoms with Crippen molar-refractivity contribution in [2.75, 3.05) is 13.2 Å². The van der Waals surface area contributed by atoms with Crippen LogP contribution in [0.1, 0.15) is 297 Å². The van der Waals surface area contributed by atoms with Crippen LogP contribution in [-0.4, -0.2) is 37.2 Å². The van der Waals surface area contributed by atoms with E-state index in [4.69, 9.17) is 14.2 Å². The third kappa shape index (κ3) is 57.5. The Labute approximate surface area is 445 Å². The van der Waals surface area contributed by atoms with Crippen LogP contribution in [0.25, 0.3) is 0 Å². The predicted molar refractivity (Wildman–Crippen MR) is 311 cm³/mol. The molecule has 0 aliphatic carbocycles. The van der Waals surface area contributed by atoms with Gasteiger partial charge >= 0.3 is 17.9 Å². The topological polar surface area (TPSA) is 78.9 Å². The molecule has 0 spiro atoms. The van der Waals surface area contributed by atoms with Crippen molar-refractivity contribution in [3.05, 3.63) is 85.1 Å². The molecule has 0 saturated carbocycles. The monoisotopic (exact) mass is 1000 g/mol. The molecular weight excluding hydrogens is 889 g/mol. The predicted octanol–water partition coefficient (Wildman–Crippen LogP) is 20.7. The van der Waals surface area contributed by atoms with Gasteiger partial charge in [-0.3, -0.25) is 14.4 Å². The molecule has 0 rings (SSSR count). The van der Waals surface area contributed by atoms with E-state index in [-0.39, 0.29) is 31.1 Å². The lowest BCUT2D eigenvalue weighted by Crippen LogP contribution is -2.30. The van der Waals surface area contributed by atoms with E-state index in [0.717, 1.165) is 109 Å². The molecule has 1 atom stereocenters. The molecule has 6 nitrogen and oxygen atoms in total. The zero-order chi connectivity index (χ0) is 52.2. The Morgan fingerprint density at radius 3 is 0.903 bits per heavy atom. The van der Waals surface area contributed by atoms with Gasteiger partial charge in [0, 0.05) is 19.3 Å². The Hall–Kier alpha value is -3.41. The fourth-order valence-electron chi connectivity index (χ4n) is 8.50. The summed E-state index contributed by atoms with van der Waals surface area (Å²) in [4.78, 5) is 38.3. The van der Waals surface area contributed by atoms with E-state index in [2.05, 4.69) is 106 Å². The lowest BCUT2D eigenvalue weighted by Gasteiger charge is -2.18. The van der Waals surface area contributed by atoms with Crippen LogP contribution in [0, 0.1) is 0 Å². The smallest absolute Gasteiger partial charge is 0.306 e. The minimum absolute atomic E-state index is 0.0855. The Morgan fingerprint density at radius 1 is 0.292 bits per heavy atom. The van der Waals surface area contributed by atoms with Gasteiger partial charge in [-0.2, -0.15) is 0 Å². The summed E-state index contributed by atoms with van der Waals surface area (Å²) in [5.74, 6) is -0.900. The van der Waals surface area contributed by atoms with Crippen LogP contribution in [0.5, 0.6) is 0 Å². The summed E-state index contributed by atoms with van der Waals surface area (Å²) in [6.07, 6.45) is 78.6. The van der Waals surface area contributed by atoms with Crippen LogP contribution >= 0.6 is 0 Å². The summed E-state index contributed by atoms with van der Waals surface area (Å²) in [5, 5.41) is 0. The van der Waals surface area contributed by atoms with Crippen LogP contribution in [0.3, 0.4) is 0 Å². The van der Waals surface area contributed by atoms with Gasteiger partial charge in [-0.1, -0.05) is 254 Å². The molecule has 0 aliphatic heterocycles. The molecule has 0 aromatic carbocycles. The third-order valence-electron chi connectivity index (χ3n) is 13.1. The van der Waals surface area contributed by atoms with Crippen molar-refractivity contribution in [1.29, 1.82) is 0 Å². The molecular formula is C66H114O6. The van der Waals surface area contributed by atoms with E-state index in [0.29, 0.717) is 19.3 Å². The van der Waals surface area contributed by atoms with Crippen LogP contribution in [0.4, 0.5) is 0 Å². The van der Waals surface area contributed by atoms with Crippen molar-refractivity contribution in [1.82, 2.24) is 0 Å². The third-order valence-corrected chi connectivity index (χ3v) is 13.1. The molecule has 0 amide bonds. The number of unbranched alkanes of at least 4 members (excludes halogenated alkanes) is 30. The van der Waals surface area contributed by atoms with Gasteiger partial charge in [0.2, 0.25) is 0 Å². The number of hydrogen-bond donors (Lipinski definition) is 0. The standard InChI is InChI=1S/C66H114O6/c1-4-7-10-13-16-19-22-25-28-30-32-33-35-36-38-41-44-47-50-53-56-59-65(68)71-62-63(61-70-64(67)58-55-52-49-46-43-40-27-24-21-18-15-12-9-6-3)72-66(69)60-57-54-51-48-45-42-39-37-34-31-29-26-23-20-17-14-11-8-5-2/h7,10,15-16,18-19,24-29,32-33,63H,4-6,8-9,11-14,17,20-23,30-31,34-62H2,1-3H3/b10-7-,18-15-,19-16-,27-24-,28-25-,29-26-,33-32-. The normalized spacial score (nSPS) is 12.7. The zero-order valence-electron chi connectivity index (χ0n) is 47.4. The average molecular weight is 1000 g/mol. The Balaban J connectivity index is 4.38. The highest BCUT2D eigenvalue weighted by Crippen LogP contribution is 2.16. The first-order valence-electron chi connectivity index (χ1n) is 30.6. The van der Waals surface area contributed by atoms with Crippen LogP contribution in [0.15, 0.2) is 85.1 Å². The Bertz CT molecular complexity index is 1380. The molecule has 1 unspecified atom stereocenters. The molecule has 414 valence electrons. The molecule has 0 radical (unpaired) electrons. The highest BCUT2D eigenvalue weighted by atomic mass is 16.6. The summed E-state index contributed by atoms with van der Waals surface area (Å²) in [6, 6.07) is 0. The van der Waals surface area contributed by atoms with E-state index in [9.17, 15) is 14.4 Å². The number of rotatable bonds is 55. The fraction of sp³-hybridized carbons (Fsp3) is 0.742. The number of allylic oxidation sites excluding steroid dienone is 14. The number of ether oxygens (including phenoxy) is 3. The second-order valence-corrected chi connectivity index (χ2v) is 20.2. The molecule has 0 N–H and O–H groups in total. The van der Waals surface area contributed by atoms with Crippen molar-refractivity contribution in [3.63, 3.8) is 0 Å². The van der Waals surface area contributed by atoms with Gasteiger partial charge in [-0.05, 0) is 109 Å². The molecule has 0 fully saturated rings. The molecule has 72 heavy (non-hydrogen) atoms. The van der Waals surface area contributed by atoms with Gasteiger partial charge in [0.1, 0.15) is 13.2 Å². The first kappa shape index (κ1) is 68.6. The average Bonchev–Trinajstić information content (AvgIpc) is 3.38. The Morgan fingerprint density at radius 2 is 0.556 bits per heavy atom. The first-order valence-corrected chi connectivity index (χ1v) is 30.6. The minimum atomic E-state index is -0.788. The number of carbonyl (C=O) groups is 3. The lowest BCUT2D eigenvalue weighted by atomic mass is 10.1. The second kappa shape index (κ2) is 60.1. The van der Waals surface area contributed by atoms with Crippen LogP contribution in [0.2, 0.25) is 0 Å². The highest BCUT2D eigenvalue weighted by molar-refractivity contribution is 5.71. The van der Waals surface area contributed by atoms with Gasteiger partial charge in [0.15, 0.2) is 6.10 Å². The maximum atomic E-state index is 12.9. The molecule has 0 aromatic heterocycles. The SMILES string of the molecule is CC/C=C\C/C=C\C/C=C\C/C=C\CCCCCCCCCCC(=O)OCC(COC(=O)CCCCCCC/C=C\C/C=C\CCCC)OC(=O)CCCCCCCCCCC/C=C\CCCCCCCC.